The first kappa shape index (κ1) is 10.4. The molecule has 0 aromatic heterocycles. The number of rotatable bonds is 1. The monoisotopic (exact) mass is 305 g/mol. The first-order valence-electron chi connectivity index (χ1n) is 4.93. The van der Waals surface area contributed by atoms with Crippen LogP contribution in [0.15, 0.2) is 18.2 Å². The van der Waals surface area contributed by atoms with Crippen LogP contribution in [0.4, 0.5) is 4.39 Å². The smallest absolute Gasteiger partial charge is 0.126 e. The average Bonchev–Trinajstić information content (AvgIpc) is 2.23. The first-order valence-corrected chi connectivity index (χ1v) is 6.01. The van der Waals surface area contributed by atoms with Gasteiger partial charge < -0.3 is 5.32 Å². The molecule has 2 rings (SSSR count). The topological polar surface area (TPSA) is 12.0 Å². The molecule has 14 heavy (non-hydrogen) atoms. The molecule has 0 bridgehead atoms. The maximum absolute atomic E-state index is 13.5. The largest absolute Gasteiger partial charge is 0.317 e. The van der Waals surface area contributed by atoms with Crippen LogP contribution in [0.1, 0.15) is 24.3 Å². The van der Waals surface area contributed by atoms with Crippen molar-refractivity contribution < 1.29 is 4.39 Å². The maximum atomic E-state index is 13.5. The van der Waals surface area contributed by atoms with Crippen molar-refractivity contribution in [2.75, 3.05) is 13.1 Å². The van der Waals surface area contributed by atoms with Crippen molar-refractivity contribution in [3.63, 3.8) is 0 Å². The summed E-state index contributed by atoms with van der Waals surface area (Å²) < 4.78 is 14.7. The van der Waals surface area contributed by atoms with Crippen LogP contribution in [0, 0.1) is 9.39 Å². The third-order valence-electron chi connectivity index (χ3n) is 2.74. The molecule has 1 fully saturated rings. The van der Waals surface area contributed by atoms with E-state index in [-0.39, 0.29) is 5.82 Å². The molecule has 1 nitrogen and oxygen atoms in total. The molecule has 1 aliphatic rings. The van der Waals surface area contributed by atoms with Crippen LogP contribution in [-0.4, -0.2) is 13.1 Å². The van der Waals surface area contributed by atoms with Gasteiger partial charge in [-0.3, -0.25) is 0 Å². The summed E-state index contributed by atoms with van der Waals surface area (Å²) in [7, 11) is 0. The molecule has 1 N–H and O–H groups in total. The maximum Gasteiger partial charge on any atom is 0.126 e. The highest BCUT2D eigenvalue weighted by Gasteiger charge is 2.18. The summed E-state index contributed by atoms with van der Waals surface area (Å²) >= 11 is 2.24. The number of halogens is 2. The van der Waals surface area contributed by atoms with Crippen molar-refractivity contribution in [1.82, 2.24) is 5.32 Å². The van der Waals surface area contributed by atoms with Crippen LogP contribution in [0.2, 0.25) is 0 Å². The molecule has 0 spiro atoms. The van der Waals surface area contributed by atoms with E-state index in [4.69, 9.17) is 0 Å². The molecule has 0 atom stereocenters. The Morgan fingerprint density at radius 1 is 1.29 bits per heavy atom. The van der Waals surface area contributed by atoms with Gasteiger partial charge in [0.15, 0.2) is 0 Å². The zero-order chi connectivity index (χ0) is 9.97. The number of hydrogen-bond acceptors (Lipinski definition) is 1. The van der Waals surface area contributed by atoms with Gasteiger partial charge in [-0.2, -0.15) is 0 Å². The van der Waals surface area contributed by atoms with Gasteiger partial charge in [-0.15, -0.1) is 0 Å². The fourth-order valence-corrected chi connectivity index (χ4v) is 2.48. The first-order chi connectivity index (χ1) is 6.77. The molecule has 0 unspecified atom stereocenters. The van der Waals surface area contributed by atoms with E-state index in [0.29, 0.717) is 5.92 Å². The second kappa shape index (κ2) is 4.57. The van der Waals surface area contributed by atoms with E-state index in [0.717, 1.165) is 35.1 Å². The van der Waals surface area contributed by atoms with Gasteiger partial charge >= 0.3 is 0 Å². The summed E-state index contributed by atoms with van der Waals surface area (Å²) in [5, 5.41) is 3.29. The molecule has 0 amide bonds. The fourth-order valence-electron chi connectivity index (χ4n) is 1.96. The summed E-state index contributed by atoms with van der Waals surface area (Å²) in [6.07, 6.45) is 2.11. The zero-order valence-electron chi connectivity index (χ0n) is 7.89. The Balaban J connectivity index is 2.24. The lowest BCUT2D eigenvalue weighted by Gasteiger charge is -2.23. The Labute approximate surface area is 97.2 Å². The molecular formula is C11H13FIN. The van der Waals surface area contributed by atoms with E-state index in [1.165, 1.54) is 0 Å². The zero-order valence-corrected chi connectivity index (χ0v) is 10.1. The van der Waals surface area contributed by atoms with Gasteiger partial charge in [0.25, 0.3) is 0 Å². The fraction of sp³-hybridized carbons (Fsp3) is 0.455. The Morgan fingerprint density at radius 3 is 2.71 bits per heavy atom. The van der Waals surface area contributed by atoms with Crippen molar-refractivity contribution in [3.05, 3.63) is 33.1 Å². The molecule has 1 saturated heterocycles. The molecule has 0 saturated carbocycles. The quantitative estimate of drug-likeness (QED) is 0.787. The summed E-state index contributed by atoms with van der Waals surface area (Å²) in [6.45, 7) is 2.02. The van der Waals surface area contributed by atoms with Gasteiger partial charge in [0, 0.05) is 3.57 Å². The minimum Gasteiger partial charge on any atom is -0.317 e. The Bertz CT molecular complexity index is 321. The van der Waals surface area contributed by atoms with Crippen LogP contribution < -0.4 is 5.32 Å². The molecular weight excluding hydrogens is 292 g/mol. The van der Waals surface area contributed by atoms with Gasteiger partial charge in [0.2, 0.25) is 0 Å². The normalized spacial score (nSPS) is 18.4. The molecule has 0 aliphatic carbocycles. The molecule has 76 valence electrons. The van der Waals surface area contributed by atoms with E-state index in [9.17, 15) is 4.39 Å². The summed E-state index contributed by atoms with van der Waals surface area (Å²) in [5.74, 6) is 0.364. The lowest BCUT2D eigenvalue weighted by atomic mass is 9.90. The number of benzene rings is 1. The second-order valence-electron chi connectivity index (χ2n) is 3.69. The molecule has 1 heterocycles. The van der Waals surface area contributed by atoms with Crippen LogP contribution in [0.25, 0.3) is 0 Å². The Kier molecular flexibility index (Phi) is 3.38. The van der Waals surface area contributed by atoms with E-state index >= 15 is 0 Å². The lowest BCUT2D eigenvalue weighted by molar-refractivity contribution is 0.445. The van der Waals surface area contributed by atoms with E-state index in [2.05, 4.69) is 27.9 Å². The SMILES string of the molecule is Fc1ccc(I)cc1C1CCNCC1. The number of nitrogens with one attached hydrogen (secondary N) is 1. The lowest BCUT2D eigenvalue weighted by Crippen LogP contribution is -2.27. The predicted molar refractivity (Wildman–Crippen MR) is 64.0 cm³/mol. The van der Waals surface area contributed by atoms with Gasteiger partial charge in [0.05, 0.1) is 0 Å². The minimum atomic E-state index is -0.0442. The van der Waals surface area contributed by atoms with Crippen molar-refractivity contribution in [3.8, 4) is 0 Å². The highest BCUT2D eigenvalue weighted by molar-refractivity contribution is 14.1. The van der Waals surface area contributed by atoms with Crippen LogP contribution >= 0.6 is 22.6 Å². The van der Waals surface area contributed by atoms with Crippen molar-refractivity contribution >= 4 is 22.6 Å². The molecule has 1 aromatic rings. The van der Waals surface area contributed by atoms with Crippen LogP contribution in [0.5, 0.6) is 0 Å². The second-order valence-corrected chi connectivity index (χ2v) is 4.94. The average molecular weight is 305 g/mol. The minimum absolute atomic E-state index is 0.0442. The molecule has 3 heteroatoms. The summed E-state index contributed by atoms with van der Waals surface area (Å²) in [5.41, 5.74) is 0.901. The highest BCUT2D eigenvalue weighted by Crippen LogP contribution is 2.28. The van der Waals surface area contributed by atoms with Crippen molar-refractivity contribution in [2.24, 2.45) is 0 Å². The van der Waals surface area contributed by atoms with Gasteiger partial charge in [0.1, 0.15) is 5.82 Å². The number of hydrogen-bond donors (Lipinski definition) is 1. The predicted octanol–water partition coefficient (Wildman–Crippen LogP) is 2.90. The van der Waals surface area contributed by atoms with Crippen LogP contribution in [-0.2, 0) is 0 Å². The molecule has 0 radical (unpaired) electrons. The van der Waals surface area contributed by atoms with Crippen LogP contribution in [0.3, 0.4) is 0 Å². The van der Waals surface area contributed by atoms with Gasteiger partial charge in [-0.1, -0.05) is 0 Å². The Morgan fingerprint density at radius 2 is 2.00 bits per heavy atom. The van der Waals surface area contributed by atoms with Crippen molar-refractivity contribution in [2.45, 2.75) is 18.8 Å². The molecule has 1 aliphatic heterocycles. The van der Waals surface area contributed by atoms with E-state index < -0.39 is 0 Å². The third kappa shape index (κ3) is 2.25. The third-order valence-corrected chi connectivity index (χ3v) is 3.41. The van der Waals surface area contributed by atoms with E-state index in [1.54, 1.807) is 6.07 Å². The highest BCUT2D eigenvalue weighted by atomic mass is 127. The van der Waals surface area contributed by atoms with Gasteiger partial charge in [-0.25, -0.2) is 4.39 Å². The van der Waals surface area contributed by atoms with E-state index in [1.807, 2.05) is 12.1 Å². The standard InChI is InChI=1S/C11H13FIN/c12-11-2-1-9(13)7-10(11)8-3-5-14-6-4-8/h1-2,7-8,14H,3-6H2. The van der Waals surface area contributed by atoms with Gasteiger partial charge in [-0.05, 0) is 78.2 Å². The van der Waals surface area contributed by atoms with Crippen molar-refractivity contribution in [1.29, 1.82) is 0 Å². The number of piperidine rings is 1. The molecule has 1 aromatic carbocycles. The summed E-state index contributed by atoms with van der Waals surface area (Å²) in [4.78, 5) is 0. The summed E-state index contributed by atoms with van der Waals surface area (Å²) in [6, 6.07) is 5.38. The Hall–Kier alpha value is -0.160.